The predicted octanol–water partition coefficient (Wildman–Crippen LogP) is 5.29. The zero-order valence-electron chi connectivity index (χ0n) is 16.2. The minimum absolute atomic E-state index is 0.225. The third-order valence-corrected chi connectivity index (χ3v) is 5.34. The lowest BCUT2D eigenvalue weighted by molar-refractivity contribution is -0.122. The summed E-state index contributed by atoms with van der Waals surface area (Å²) in [6, 6.07) is 24.9. The van der Waals surface area contributed by atoms with Gasteiger partial charge < -0.3 is 14.5 Å². The molecule has 0 aliphatic rings. The monoisotopic (exact) mass is 417 g/mol. The van der Waals surface area contributed by atoms with Crippen LogP contribution >= 0.6 is 11.8 Å². The number of carbonyl (C=O) groups excluding carboxylic acids is 1. The highest BCUT2D eigenvalue weighted by Gasteiger charge is 2.17. The number of nitrogens with zero attached hydrogens (tertiary/aromatic N) is 2. The van der Waals surface area contributed by atoms with E-state index >= 15 is 0 Å². The lowest BCUT2D eigenvalue weighted by Gasteiger charge is -2.16. The van der Waals surface area contributed by atoms with Crippen LogP contribution in [0.2, 0.25) is 0 Å². The van der Waals surface area contributed by atoms with E-state index in [1.54, 1.807) is 43.0 Å². The van der Waals surface area contributed by atoms with E-state index in [0.717, 1.165) is 21.0 Å². The van der Waals surface area contributed by atoms with Crippen LogP contribution in [0.5, 0.6) is 5.75 Å². The third kappa shape index (κ3) is 4.87. The average Bonchev–Trinajstić information content (AvgIpc) is 3.31. The highest BCUT2D eigenvalue weighted by Crippen LogP contribution is 2.33. The Morgan fingerprint density at radius 2 is 1.73 bits per heavy atom. The Bertz CT molecular complexity index is 1100. The summed E-state index contributed by atoms with van der Waals surface area (Å²) in [4.78, 5) is 14.8. The Morgan fingerprint density at radius 1 is 1.00 bits per heavy atom. The number of ether oxygens (including phenoxy) is 1. The summed E-state index contributed by atoms with van der Waals surface area (Å²) in [5, 5.41) is 10.5. The van der Waals surface area contributed by atoms with Crippen LogP contribution in [-0.4, -0.2) is 22.2 Å². The first kappa shape index (κ1) is 19.7. The van der Waals surface area contributed by atoms with E-state index in [9.17, 15) is 4.79 Å². The molecule has 0 aliphatic heterocycles. The molecule has 0 bridgehead atoms. The topological polar surface area (TPSA) is 77.2 Å². The Morgan fingerprint density at radius 3 is 2.47 bits per heavy atom. The minimum atomic E-state index is -0.672. The number of carbonyl (C=O) groups is 1. The van der Waals surface area contributed by atoms with Crippen molar-refractivity contribution in [1.82, 2.24) is 10.2 Å². The van der Waals surface area contributed by atoms with Gasteiger partial charge in [-0.3, -0.25) is 4.79 Å². The second kappa shape index (κ2) is 9.28. The van der Waals surface area contributed by atoms with Crippen molar-refractivity contribution in [2.45, 2.75) is 22.8 Å². The Kier molecular flexibility index (Phi) is 6.10. The fourth-order valence-electron chi connectivity index (χ4n) is 2.74. The molecule has 1 N–H and O–H groups in total. The summed E-state index contributed by atoms with van der Waals surface area (Å²) >= 11 is 1.60. The number of nitrogens with one attached hydrogen (secondary N) is 1. The highest BCUT2D eigenvalue weighted by atomic mass is 32.2. The van der Waals surface area contributed by atoms with Crippen LogP contribution in [0.3, 0.4) is 0 Å². The van der Waals surface area contributed by atoms with Gasteiger partial charge in [-0.25, -0.2) is 0 Å². The van der Waals surface area contributed by atoms with Gasteiger partial charge >= 0.3 is 0 Å². The highest BCUT2D eigenvalue weighted by molar-refractivity contribution is 7.99. The summed E-state index contributed by atoms with van der Waals surface area (Å²) in [5.41, 5.74) is 1.53. The number of benzene rings is 3. The lowest BCUT2D eigenvalue weighted by atomic mass is 10.2. The zero-order chi connectivity index (χ0) is 20.8. The van der Waals surface area contributed by atoms with Gasteiger partial charge in [0.15, 0.2) is 6.10 Å². The summed E-state index contributed by atoms with van der Waals surface area (Å²) < 4.78 is 11.0. The molecule has 4 aromatic rings. The SMILES string of the molecule is C[C@H](Oc1ccc(-c2nnco2)cc1)C(=O)Nc1ccccc1Sc1ccccc1. The smallest absolute Gasteiger partial charge is 0.265 e. The van der Waals surface area contributed by atoms with Gasteiger partial charge in [-0.05, 0) is 55.5 Å². The maximum atomic E-state index is 12.7. The molecular weight excluding hydrogens is 398 g/mol. The molecule has 30 heavy (non-hydrogen) atoms. The Hall–Kier alpha value is -3.58. The molecule has 7 heteroatoms. The normalized spacial score (nSPS) is 11.6. The maximum Gasteiger partial charge on any atom is 0.265 e. The zero-order valence-corrected chi connectivity index (χ0v) is 17.0. The molecule has 0 radical (unpaired) electrons. The molecule has 150 valence electrons. The van der Waals surface area contributed by atoms with Crippen molar-refractivity contribution in [2.75, 3.05) is 5.32 Å². The van der Waals surface area contributed by atoms with E-state index in [4.69, 9.17) is 9.15 Å². The van der Waals surface area contributed by atoms with Crippen LogP contribution < -0.4 is 10.1 Å². The average molecular weight is 417 g/mol. The van der Waals surface area contributed by atoms with Crippen molar-refractivity contribution < 1.29 is 13.9 Å². The number of anilines is 1. The van der Waals surface area contributed by atoms with Gasteiger partial charge in [-0.15, -0.1) is 10.2 Å². The number of rotatable bonds is 7. The molecule has 3 aromatic carbocycles. The Labute approximate surface area is 178 Å². The summed E-state index contributed by atoms with van der Waals surface area (Å²) in [7, 11) is 0. The van der Waals surface area contributed by atoms with Crippen LogP contribution in [-0.2, 0) is 4.79 Å². The standard InChI is InChI=1S/C23H19N3O3S/c1-16(29-18-13-11-17(12-14-18)23-26-24-15-28-23)22(27)25-20-9-5-6-10-21(20)30-19-7-3-2-4-8-19/h2-16H,1H3,(H,25,27)/t16-/m0/s1. The molecule has 0 saturated carbocycles. The molecule has 1 amide bonds. The first-order valence-corrected chi connectivity index (χ1v) is 10.2. The predicted molar refractivity (Wildman–Crippen MR) is 115 cm³/mol. The van der Waals surface area contributed by atoms with E-state index in [1.165, 1.54) is 6.39 Å². The molecule has 0 unspecified atom stereocenters. The van der Waals surface area contributed by atoms with Crippen molar-refractivity contribution in [2.24, 2.45) is 0 Å². The van der Waals surface area contributed by atoms with Gasteiger partial charge in [0.1, 0.15) is 5.75 Å². The van der Waals surface area contributed by atoms with E-state index in [0.29, 0.717) is 11.6 Å². The second-order valence-corrected chi connectivity index (χ2v) is 7.54. The van der Waals surface area contributed by atoms with Gasteiger partial charge in [0.05, 0.1) is 5.69 Å². The van der Waals surface area contributed by atoms with Gasteiger partial charge in [-0.2, -0.15) is 0 Å². The van der Waals surface area contributed by atoms with Crippen LogP contribution in [0.1, 0.15) is 6.92 Å². The molecule has 6 nitrogen and oxygen atoms in total. The van der Waals surface area contributed by atoms with Gasteiger partial charge in [0, 0.05) is 15.4 Å². The van der Waals surface area contributed by atoms with E-state index in [2.05, 4.69) is 15.5 Å². The van der Waals surface area contributed by atoms with Crippen molar-refractivity contribution >= 4 is 23.4 Å². The number of hydrogen-bond acceptors (Lipinski definition) is 6. The molecule has 1 aromatic heterocycles. The van der Waals surface area contributed by atoms with Crippen molar-refractivity contribution in [3.8, 4) is 17.2 Å². The Balaban J connectivity index is 1.40. The number of aromatic nitrogens is 2. The molecule has 4 rings (SSSR count). The number of amides is 1. The van der Waals surface area contributed by atoms with E-state index < -0.39 is 6.10 Å². The summed E-state index contributed by atoms with van der Waals surface area (Å²) in [6.45, 7) is 1.72. The van der Waals surface area contributed by atoms with Gasteiger partial charge in [0.25, 0.3) is 5.91 Å². The van der Waals surface area contributed by atoms with Crippen molar-refractivity contribution in [1.29, 1.82) is 0 Å². The molecule has 0 spiro atoms. The summed E-state index contributed by atoms with van der Waals surface area (Å²) in [5.74, 6) is 0.782. The first-order valence-electron chi connectivity index (χ1n) is 9.35. The van der Waals surface area contributed by atoms with Crippen molar-refractivity contribution in [3.05, 3.63) is 85.3 Å². The van der Waals surface area contributed by atoms with Crippen LogP contribution in [0.25, 0.3) is 11.5 Å². The van der Waals surface area contributed by atoms with Crippen LogP contribution in [0, 0.1) is 0 Å². The van der Waals surface area contributed by atoms with Gasteiger partial charge in [0.2, 0.25) is 12.3 Å². The van der Waals surface area contributed by atoms with Crippen molar-refractivity contribution in [3.63, 3.8) is 0 Å². The fraction of sp³-hybridized carbons (Fsp3) is 0.0870. The quantitative estimate of drug-likeness (QED) is 0.440. The number of para-hydroxylation sites is 1. The minimum Gasteiger partial charge on any atom is -0.481 e. The molecular formula is C23H19N3O3S. The molecule has 1 heterocycles. The lowest BCUT2D eigenvalue weighted by Crippen LogP contribution is -2.30. The fourth-order valence-corrected chi connectivity index (χ4v) is 3.66. The molecule has 0 aliphatic carbocycles. The largest absolute Gasteiger partial charge is 0.481 e. The summed E-state index contributed by atoms with van der Waals surface area (Å²) in [6.07, 6.45) is 0.606. The van der Waals surface area contributed by atoms with E-state index in [-0.39, 0.29) is 5.91 Å². The second-order valence-electron chi connectivity index (χ2n) is 6.43. The molecule has 0 saturated heterocycles. The van der Waals surface area contributed by atoms with Crippen LogP contribution in [0.4, 0.5) is 5.69 Å². The first-order chi connectivity index (χ1) is 14.7. The third-order valence-electron chi connectivity index (χ3n) is 4.26. The molecule has 0 fully saturated rings. The molecule has 1 atom stereocenters. The van der Waals surface area contributed by atoms with E-state index in [1.807, 2.05) is 54.6 Å². The van der Waals surface area contributed by atoms with Crippen LogP contribution in [0.15, 0.2) is 99.5 Å². The number of hydrogen-bond donors (Lipinski definition) is 1. The maximum absolute atomic E-state index is 12.7. The van der Waals surface area contributed by atoms with Gasteiger partial charge in [-0.1, -0.05) is 42.1 Å².